The second-order valence-corrected chi connectivity index (χ2v) is 3.21. The van der Waals surface area contributed by atoms with Crippen molar-refractivity contribution in [1.29, 1.82) is 0 Å². The predicted octanol–water partition coefficient (Wildman–Crippen LogP) is 1.20. The van der Waals surface area contributed by atoms with E-state index in [1.54, 1.807) is 20.8 Å². The Labute approximate surface area is 82.9 Å². The lowest BCUT2D eigenvalue weighted by atomic mass is 10.0. The Hall–Kier alpha value is -1.32. The lowest BCUT2D eigenvalue weighted by Gasteiger charge is -2.22. The van der Waals surface area contributed by atoms with E-state index < -0.39 is 5.97 Å². The molecule has 0 saturated carbocycles. The average molecular weight is 198 g/mol. The molecule has 1 atom stereocenters. The molecule has 0 unspecified atom stereocenters. The topological polar surface area (TPSA) is 52.6 Å². The smallest absolute Gasteiger partial charge is 0.345 e. The fourth-order valence-corrected chi connectivity index (χ4v) is 1.42. The Kier molecular flexibility index (Phi) is 3.28. The van der Waals surface area contributed by atoms with Gasteiger partial charge in [0.2, 0.25) is 0 Å². The molecule has 0 aromatic heterocycles. The zero-order chi connectivity index (χ0) is 10.7. The van der Waals surface area contributed by atoms with E-state index in [-0.39, 0.29) is 30.5 Å². The van der Waals surface area contributed by atoms with Gasteiger partial charge in [-0.05, 0) is 20.8 Å². The largest absolute Gasteiger partial charge is 0.494 e. The van der Waals surface area contributed by atoms with Crippen LogP contribution in [0.15, 0.2) is 11.3 Å². The summed E-state index contributed by atoms with van der Waals surface area (Å²) in [5.74, 6) is -0.409. The molecule has 0 aromatic carbocycles. The Balaban J connectivity index is 2.89. The normalized spacial score (nSPS) is 21.9. The number of carbonyl (C=O) groups excluding carboxylic acids is 2. The molecule has 0 N–H and O–H groups in total. The van der Waals surface area contributed by atoms with Gasteiger partial charge < -0.3 is 9.47 Å². The molecule has 0 amide bonds. The predicted molar refractivity (Wildman–Crippen MR) is 49.5 cm³/mol. The Morgan fingerprint density at radius 3 is 2.79 bits per heavy atom. The maximum atomic E-state index is 11.5. The summed E-state index contributed by atoms with van der Waals surface area (Å²) in [6.45, 7) is 5.37. The highest BCUT2D eigenvalue weighted by molar-refractivity contribution is 6.18. The summed E-state index contributed by atoms with van der Waals surface area (Å²) in [5, 5.41) is 0. The fraction of sp³-hybridized carbons (Fsp3) is 0.600. The van der Waals surface area contributed by atoms with E-state index in [0.29, 0.717) is 5.76 Å². The number of Topliss-reactive ketones (excluding diaryl/α,β-unsaturated/α-hetero) is 1. The second-order valence-electron chi connectivity index (χ2n) is 3.21. The van der Waals surface area contributed by atoms with Crippen molar-refractivity contribution in [3.63, 3.8) is 0 Å². The molecule has 0 saturated heterocycles. The van der Waals surface area contributed by atoms with E-state index in [9.17, 15) is 9.59 Å². The molecule has 1 rings (SSSR count). The zero-order valence-corrected chi connectivity index (χ0v) is 8.62. The van der Waals surface area contributed by atoms with Gasteiger partial charge in [-0.1, -0.05) is 0 Å². The van der Waals surface area contributed by atoms with Crippen molar-refractivity contribution >= 4 is 11.8 Å². The third-order valence-electron chi connectivity index (χ3n) is 1.96. The summed E-state index contributed by atoms with van der Waals surface area (Å²) < 4.78 is 10.1. The average Bonchev–Trinajstić information content (AvgIpc) is 2.01. The van der Waals surface area contributed by atoms with Crippen LogP contribution in [0.25, 0.3) is 0 Å². The van der Waals surface area contributed by atoms with Crippen molar-refractivity contribution < 1.29 is 19.1 Å². The monoisotopic (exact) mass is 198 g/mol. The lowest BCUT2D eigenvalue weighted by Crippen LogP contribution is -2.27. The van der Waals surface area contributed by atoms with Crippen molar-refractivity contribution in [3.05, 3.63) is 11.3 Å². The van der Waals surface area contributed by atoms with Crippen LogP contribution < -0.4 is 0 Å². The van der Waals surface area contributed by atoms with Gasteiger partial charge in [-0.15, -0.1) is 0 Å². The molecule has 0 bridgehead atoms. The van der Waals surface area contributed by atoms with Gasteiger partial charge in [0.1, 0.15) is 17.4 Å². The number of allylic oxidation sites excluding steroid dienone is 1. The van der Waals surface area contributed by atoms with Gasteiger partial charge in [0, 0.05) is 6.42 Å². The van der Waals surface area contributed by atoms with Crippen LogP contribution in [0.4, 0.5) is 0 Å². The number of esters is 1. The minimum absolute atomic E-state index is 0.0601. The summed E-state index contributed by atoms with van der Waals surface area (Å²) in [7, 11) is 0. The molecule has 4 heteroatoms. The number of carbonyl (C=O) groups is 2. The molecule has 1 aliphatic rings. The first kappa shape index (κ1) is 10.8. The van der Waals surface area contributed by atoms with E-state index in [1.165, 1.54) is 0 Å². The van der Waals surface area contributed by atoms with Gasteiger partial charge in [-0.2, -0.15) is 0 Å². The zero-order valence-electron chi connectivity index (χ0n) is 8.62. The van der Waals surface area contributed by atoms with E-state index in [1.807, 2.05) is 0 Å². The molecule has 0 aliphatic carbocycles. The quantitative estimate of drug-likeness (QED) is 0.494. The Morgan fingerprint density at radius 1 is 1.64 bits per heavy atom. The van der Waals surface area contributed by atoms with E-state index >= 15 is 0 Å². The minimum Gasteiger partial charge on any atom is -0.494 e. The summed E-state index contributed by atoms with van der Waals surface area (Å²) in [6, 6.07) is 0. The second kappa shape index (κ2) is 4.26. The SMILES string of the molecule is CCOC(=O)C1=C(C)O[C@H](C)CC1=O. The highest BCUT2D eigenvalue weighted by Gasteiger charge is 2.30. The molecule has 0 radical (unpaired) electrons. The minimum atomic E-state index is -0.582. The maximum absolute atomic E-state index is 11.5. The van der Waals surface area contributed by atoms with Crippen molar-refractivity contribution in [2.45, 2.75) is 33.3 Å². The van der Waals surface area contributed by atoms with Gasteiger partial charge >= 0.3 is 5.97 Å². The molecule has 0 fully saturated rings. The first-order chi connectivity index (χ1) is 6.56. The molecular weight excluding hydrogens is 184 g/mol. The lowest BCUT2D eigenvalue weighted by molar-refractivity contribution is -0.141. The molecule has 4 nitrogen and oxygen atoms in total. The van der Waals surface area contributed by atoms with Crippen LogP contribution in [0.2, 0.25) is 0 Å². The van der Waals surface area contributed by atoms with Crippen molar-refractivity contribution in [2.24, 2.45) is 0 Å². The molecule has 0 aromatic rings. The molecule has 14 heavy (non-hydrogen) atoms. The van der Waals surface area contributed by atoms with Gasteiger partial charge in [-0.25, -0.2) is 4.79 Å². The van der Waals surface area contributed by atoms with Crippen LogP contribution in [0.1, 0.15) is 27.2 Å². The highest BCUT2D eigenvalue weighted by atomic mass is 16.5. The van der Waals surface area contributed by atoms with Gasteiger partial charge in [0.05, 0.1) is 6.61 Å². The number of ketones is 1. The Bertz CT molecular complexity index is 290. The van der Waals surface area contributed by atoms with Gasteiger partial charge in [0.15, 0.2) is 5.78 Å². The first-order valence-corrected chi connectivity index (χ1v) is 4.64. The number of hydrogen-bond acceptors (Lipinski definition) is 4. The third-order valence-corrected chi connectivity index (χ3v) is 1.96. The third kappa shape index (κ3) is 2.13. The summed E-state index contributed by atoms with van der Waals surface area (Å²) in [4.78, 5) is 22.8. The number of hydrogen-bond donors (Lipinski definition) is 0. The molecular formula is C10H14O4. The van der Waals surface area contributed by atoms with Gasteiger partial charge in [-0.3, -0.25) is 4.79 Å². The molecule has 0 spiro atoms. The number of rotatable bonds is 2. The van der Waals surface area contributed by atoms with Crippen LogP contribution in [0.5, 0.6) is 0 Å². The van der Waals surface area contributed by atoms with Crippen LogP contribution in [0.3, 0.4) is 0 Å². The van der Waals surface area contributed by atoms with E-state index in [2.05, 4.69) is 0 Å². The standard InChI is InChI=1S/C10H14O4/c1-4-13-10(12)9-7(3)14-6(2)5-8(9)11/h6H,4-5H2,1-3H3/t6-/m1/s1. The maximum Gasteiger partial charge on any atom is 0.345 e. The van der Waals surface area contributed by atoms with E-state index in [4.69, 9.17) is 9.47 Å². The van der Waals surface area contributed by atoms with Crippen molar-refractivity contribution in [2.75, 3.05) is 6.61 Å². The van der Waals surface area contributed by atoms with Crippen LogP contribution >= 0.6 is 0 Å². The summed E-state index contributed by atoms with van der Waals surface area (Å²) in [5.41, 5.74) is 0.0601. The van der Waals surface area contributed by atoms with Crippen molar-refractivity contribution in [1.82, 2.24) is 0 Å². The van der Waals surface area contributed by atoms with E-state index in [0.717, 1.165) is 0 Å². The van der Waals surface area contributed by atoms with Crippen LogP contribution in [-0.4, -0.2) is 24.5 Å². The fourth-order valence-electron chi connectivity index (χ4n) is 1.42. The Morgan fingerprint density at radius 2 is 2.29 bits per heavy atom. The van der Waals surface area contributed by atoms with Gasteiger partial charge in [0.25, 0.3) is 0 Å². The summed E-state index contributed by atoms with van der Waals surface area (Å²) in [6.07, 6.45) is 0.0894. The molecule has 1 heterocycles. The first-order valence-electron chi connectivity index (χ1n) is 4.64. The summed E-state index contributed by atoms with van der Waals surface area (Å²) >= 11 is 0. The van der Waals surface area contributed by atoms with Crippen LogP contribution in [-0.2, 0) is 19.1 Å². The highest BCUT2D eigenvalue weighted by Crippen LogP contribution is 2.21. The van der Waals surface area contributed by atoms with Crippen LogP contribution in [0, 0.1) is 0 Å². The molecule has 78 valence electrons. The molecule has 1 aliphatic heterocycles. The van der Waals surface area contributed by atoms with Crippen molar-refractivity contribution in [3.8, 4) is 0 Å². The number of ether oxygens (including phenoxy) is 2.